The van der Waals surface area contributed by atoms with Crippen LogP contribution in [0.25, 0.3) is 5.69 Å². The molecule has 1 unspecified atom stereocenters. The van der Waals surface area contributed by atoms with E-state index in [9.17, 15) is 14.4 Å². The maximum atomic E-state index is 12.5. The Hall–Kier alpha value is -3.44. The number of hydrogen-bond donors (Lipinski definition) is 1. The molecule has 1 saturated heterocycles. The highest BCUT2D eigenvalue weighted by molar-refractivity contribution is 9.10. The fourth-order valence-electron chi connectivity index (χ4n) is 3.76. The monoisotopic (exact) mass is 545 g/mol. The molecule has 2 aromatic carbocycles. The van der Waals surface area contributed by atoms with Crippen LogP contribution < -0.4 is 20.7 Å². The molecular formula is C24H24BrN3O7. The van der Waals surface area contributed by atoms with E-state index in [4.69, 9.17) is 18.9 Å². The zero-order valence-electron chi connectivity index (χ0n) is 19.4. The van der Waals surface area contributed by atoms with Crippen LogP contribution in [0.2, 0.25) is 0 Å². The van der Waals surface area contributed by atoms with Crippen LogP contribution in [0, 0.1) is 13.8 Å². The fourth-order valence-corrected chi connectivity index (χ4v) is 4.28. The molecule has 1 fully saturated rings. The predicted octanol–water partition coefficient (Wildman–Crippen LogP) is 3.44. The largest absolute Gasteiger partial charge is 0.496 e. The molecule has 1 atom stereocenters. The van der Waals surface area contributed by atoms with E-state index in [1.807, 2.05) is 13.8 Å². The standard InChI is InChI=1S/C24H24BrN3O7/c1-13-9-15(10-14(2)21(13)35-16-6-7-19(32-3)18(25)11-16)28-24(31)26-22(29)20(27-28)23(30)34-12-17-5-4-8-33-17/h6-7,9-11,17H,4-5,8,12H2,1-3H3,(H,26,29,31). The van der Waals surface area contributed by atoms with Crippen molar-refractivity contribution in [1.82, 2.24) is 14.8 Å². The van der Waals surface area contributed by atoms with Gasteiger partial charge >= 0.3 is 11.7 Å². The lowest BCUT2D eigenvalue weighted by Gasteiger charge is -2.15. The second-order valence-corrected chi connectivity index (χ2v) is 8.91. The first-order valence-electron chi connectivity index (χ1n) is 10.9. The number of esters is 1. The number of carbonyl (C=O) groups excluding carboxylic acids is 1. The van der Waals surface area contributed by atoms with E-state index in [1.165, 1.54) is 0 Å². The molecule has 1 aromatic heterocycles. The Balaban J connectivity index is 1.61. The van der Waals surface area contributed by atoms with E-state index in [2.05, 4.69) is 26.0 Å². The number of H-pyrrole nitrogens is 1. The Bertz CT molecular complexity index is 1350. The van der Waals surface area contributed by atoms with Crippen LogP contribution in [0.1, 0.15) is 34.5 Å². The second-order valence-electron chi connectivity index (χ2n) is 8.06. The molecule has 0 saturated carbocycles. The Morgan fingerprint density at radius 1 is 1.23 bits per heavy atom. The second kappa shape index (κ2) is 10.4. The van der Waals surface area contributed by atoms with Gasteiger partial charge in [-0.3, -0.25) is 9.78 Å². The number of aromatic nitrogens is 3. The lowest BCUT2D eigenvalue weighted by Crippen LogP contribution is -2.36. The summed E-state index contributed by atoms with van der Waals surface area (Å²) in [6.45, 7) is 4.26. The van der Waals surface area contributed by atoms with E-state index in [1.54, 1.807) is 37.4 Å². The third-order valence-corrected chi connectivity index (χ3v) is 6.10. The third kappa shape index (κ3) is 5.46. The van der Waals surface area contributed by atoms with Crippen LogP contribution in [-0.4, -0.2) is 47.2 Å². The molecule has 2 heterocycles. The quantitative estimate of drug-likeness (QED) is 0.448. The van der Waals surface area contributed by atoms with Crippen molar-refractivity contribution in [3.8, 4) is 22.9 Å². The first-order chi connectivity index (χ1) is 16.8. The van der Waals surface area contributed by atoms with Crippen molar-refractivity contribution < 1.29 is 23.7 Å². The van der Waals surface area contributed by atoms with Gasteiger partial charge in [-0.25, -0.2) is 9.59 Å². The van der Waals surface area contributed by atoms with Gasteiger partial charge in [0.25, 0.3) is 5.56 Å². The molecule has 0 amide bonds. The first-order valence-corrected chi connectivity index (χ1v) is 11.7. The van der Waals surface area contributed by atoms with E-state index in [0.29, 0.717) is 40.7 Å². The molecule has 1 aliphatic rings. The highest BCUT2D eigenvalue weighted by Gasteiger charge is 2.22. The van der Waals surface area contributed by atoms with Gasteiger partial charge in [0.15, 0.2) is 0 Å². The van der Waals surface area contributed by atoms with E-state index in [-0.39, 0.29) is 12.7 Å². The summed E-state index contributed by atoms with van der Waals surface area (Å²) in [5.41, 5.74) is -0.415. The van der Waals surface area contributed by atoms with Gasteiger partial charge in [0.2, 0.25) is 5.69 Å². The van der Waals surface area contributed by atoms with Crippen LogP contribution in [0.4, 0.5) is 0 Å². The van der Waals surface area contributed by atoms with Gasteiger partial charge in [-0.05, 0) is 84.1 Å². The molecule has 184 valence electrons. The average molecular weight is 546 g/mol. The number of hydrogen-bond acceptors (Lipinski definition) is 8. The van der Waals surface area contributed by atoms with E-state index in [0.717, 1.165) is 22.0 Å². The van der Waals surface area contributed by atoms with E-state index >= 15 is 0 Å². The molecule has 35 heavy (non-hydrogen) atoms. The molecule has 0 radical (unpaired) electrons. The summed E-state index contributed by atoms with van der Waals surface area (Å²) in [7, 11) is 1.58. The number of rotatable bonds is 7. The highest BCUT2D eigenvalue weighted by atomic mass is 79.9. The van der Waals surface area contributed by atoms with Gasteiger partial charge in [-0.1, -0.05) is 0 Å². The van der Waals surface area contributed by atoms with Gasteiger partial charge in [0.05, 0.1) is 23.4 Å². The number of benzene rings is 2. The van der Waals surface area contributed by atoms with Crippen molar-refractivity contribution >= 4 is 21.9 Å². The van der Waals surface area contributed by atoms with Crippen molar-refractivity contribution in [3.63, 3.8) is 0 Å². The minimum Gasteiger partial charge on any atom is -0.496 e. The zero-order valence-corrected chi connectivity index (χ0v) is 21.0. The van der Waals surface area contributed by atoms with Crippen LogP contribution in [0.3, 0.4) is 0 Å². The fraction of sp³-hybridized carbons (Fsp3) is 0.333. The Morgan fingerprint density at radius 2 is 1.97 bits per heavy atom. The molecule has 10 nitrogen and oxygen atoms in total. The number of nitrogens with one attached hydrogen (secondary N) is 1. The van der Waals surface area contributed by atoms with Crippen molar-refractivity contribution in [2.75, 3.05) is 20.3 Å². The summed E-state index contributed by atoms with van der Waals surface area (Å²) in [6, 6.07) is 8.69. The number of methoxy groups -OCH3 is 1. The maximum Gasteiger partial charge on any atom is 0.364 e. The SMILES string of the molecule is COc1ccc(Oc2c(C)cc(-n3nc(C(=O)OCC4CCCO4)c(=O)[nH]c3=O)cc2C)cc1Br. The third-order valence-electron chi connectivity index (χ3n) is 5.48. The number of nitrogens with zero attached hydrogens (tertiary/aromatic N) is 2. The lowest BCUT2D eigenvalue weighted by molar-refractivity contribution is 0.0153. The zero-order chi connectivity index (χ0) is 25.1. The van der Waals surface area contributed by atoms with Crippen LogP contribution in [-0.2, 0) is 9.47 Å². The maximum absolute atomic E-state index is 12.5. The van der Waals surface area contributed by atoms with Gasteiger partial charge in [-0.15, -0.1) is 0 Å². The van der Waals surface area contributed by atoms with Gasteiger partial charge in [0, 0.05) is 6.61 Å². The number of aromatic amines is 1. The molecule has 0 aliphatic carbocycles. The number of carbonyl (C=O) groups is 1. The van der Waals surface area contributed by atoms with E-state index < -0.39 is 22.9 Å². The minimum absolute atomic E-state index is 0.0187. The molecule has 1 N–H and O–H groups in total. The number of halogens is 1. The molecular weight excluding hydrogens is 522 g/mol. The molecule has 11 heteroatoms. The smallest absolute Gasteiger partial charge is 0.364 e. The molecule has 0 spiro atoms. The Kier molecular flexibility index (Phi) is 7.37. The van der Waals surface area contributed by atoms with Gasteiger partial charge in [0.1, 0.15) is 23.9 Å². The summed E-state index contributed by atoms with van der Waals surface area (Å²) < 4.78 is 23.6. The number of ether oxygens (including phenoxy) is 4. The molecule has 0 bridgehead atoms. The van der Waals surface area contributed by atoms with Crippen molar-refractivity contribution in [3.05, 3.63) is 72.5 Å². The topological polar surface area (TPSA) is 122 Å². The summed E-state index contributed by atoms with van der Waals surface area (Å²) in [4.78, 5) is 39.3. The molecule has 4 rings (SSSR count). The predicted molar refractivity (Wildman–Crippen MR) is 130 cm³/mol. The normalized spacial score (nSPS) is 15.1. The Morgan fingerprint density at radius 3 is 2.60 bits per heavy atom. The summed E-state index contributed by atoms with van der Waals surface area (Å²) in [5, 5.41) is 4.00. The first kappa shape index (κ1) is 24.7. The summed E-state index contributed by atoms with van der Waals surface area (Å²) in [6.07, 6.45) is 1.46. The Labute approximate surface area is 208 Å². The van der Waals surface area contributed by atoms with Gasteiger partial charge < -0.3 is 18.9 Å². The van der Waals surface area contributed by atoms with Gasteiger partial charge in [-0.2, -0.15) is 9.78 Å². The lowest BCUT2D eigenvalue weighted by atomic mass is 10.1. The minimum atomic E-state index is -0.922. The van der Waals surface area contributed by atoms with Crippen molar-refractivity contribution in [2.45, 2.75) is 32.8 Å². The summed E-state index contributed by atoms with van der Waals surface area (Å²) >= 11 is 3.44. The van der Waals surface area contributed by atoms with Crippen molar-refractivity contribution in [2.24, 2.45) is 0 Å². The molecule has 3 aromatic rings. The van der Waals surface area contributed by atoms with Crippen LogP contribution in [0.5, 0.6) is 17.2 Å². The van der Waals surface area contributed by atoms with Crippen LogP contribution in [0.15, 0.2) is 44.4 Å². The summed E-state index contributed by atoms with van der Waals surface area (Å²) in [5.74, 6) is 0.940. The number of aryl methyl sites for hydroxylation is 2. The molecule has 1 aliphatic heterocycles. The van der Waals surface area contributed by atoms with Crippen LogP contribution >= 0.6 is 15.9 Å². The van der Waals surface area contributed by atoms with Crippen molar-refractivity contribution in [1.29, 1.82) is 0 Å². The average Bonchev–Trinajstić information content (AvgIpc) is 3.34. The highest BCUT2D eigenvalue weighted by Crippen LogP contribution is 2.34.